The second kappa shape index (κ2) is 12.1. The average molecular weight is 562 g/mol. The quantitative estimate of drug-likeness (QED) is 0.378. The Bertz CT molecular complexity index is 1420. The van der Waals surface area contributed by atoms with Crippen molar-refractivity contribution >= 4 is 26.7 Å². The molecule has 8 nitrogen and oxygen atoms in total. The van der Waals surface area contributed by atoms with Gasteiger partial charge in [-0.1, -0.05) is 18.2 Å². The van der Waals surface area contributed by atoms with E-state index >= 15 is 4.39 Å². The summed E-state index contributed by atoms with van der Waals surface area (Å²) in [7, 11) is 0.863. The minimum Gasteiger partial charge on any atom is -0.476 e. The van der Waals surface area contributed by atoms with Crippen LogP contribution in [0.4, 0.5) is 14.6 Å². The van der Waals surface area contributed by atoms with E-state index in [1.807, 2.05) is 32.0 Å². The van der Waals surface area contributed by atoms with Crippen LogP contribution in [0.1, 0.15) is 61.2 Å². The lowest BCUT2D eigenvalue weighted by Crippen LogP contribution is -2.24. The molecule has 4 rings (SSSR count). The van der Waals surface area contributed by atoms with Gasteiger partial charge in [0, 0.05) is 24.1 Å². The molecule has 1 fully saturated rings. The Morgan fingerprint density at radius 2 is 1.87 bits per heavy atom. The molecule has 3 aromatic rings. The largest absolute Gasteiger partial charge is 0.476 e. The van der Waals surface area contributed by atoms with Gasteiger partial charge < -0.3 is 15.0 Å². The summed E-state index contributed by atoms with van der Waals surface area (Å²) >= 11 is 0. The molecule has 11 heteroatoms. The number of alkyl halides is 1. The van der Waals surface area contributed by atoms with Gasteiger partial charge in [-0.15, -0.1) is 0 Å². The molecular weight excluding hydrogens is 524 g/mol. The lowest BCUT2D eigenvalue weighted by atomic mass is 9.93. The van der Waals surface area contributed by atoms with E-state index in [0.29, 0.717) is 65.7 Å². The van der Waals surface area contributed by atoms with Crippen LogP contribution in [-0.2, 0) is 16.3 Å². The monoisotopic (exact) mass is 561 g/mol. The molecule has 2 aromatic heterocycles. The SMILES string of the molecule is Cc1nc(N[C@H](C)c2cccc(CC(C)F)c2F)c2cc(C3CCS(=O)(=O)CC3)c(OCCN(C)C)nc2n1. The Balaban J connectivity index is 1.73. The molecule has 1 aliphatic heterocycles. The normalized spacial score (nSPS) is 17.3. The molecule has 0 spiro atoms. The van der Waals surface area contributed by atoms with Crippen LogP contribution < -0.4 is 10.1 Å². The fraction of sp³-hybridized carbons (Fsp3) is 0.536. The van der Waals surface area contributed by atoms with E-state index in [1.165, 1.54) is 6.92 Å². The molecule has 1 N–H and O–H groups in total. The Morgan fingerprint density at radius 1 is 1.15 bits per heavy atom. The molecule has 212 valence electrons. The summed E-state index contributed by atoms with van der Waals surface area (Å²) in [6, 6.07) is 6.47. The van der Waals surface area contributed by atoms with Gasteiger partial charge in [0.1, 0.15) is 40.1 Å². The number of pyridine rings is 1. The highest BCUT2D eigenvalue weighted by atomic mass is 32.2. The van der Waals surface area contributed by atoms with Crippen LogP contribution in [0.5, 0.6) is 5.88 Å². The van der Waals surface area contributed by atoms with Gasteiger partial charge in [-0.05, 0) is 65.3 Å². The van der Waals surface area contributed by atoms with Gasteiger partial charge in [-0.2, -0.15) is 4.98 Å². The minimum atomic E-state index is -3.05. The number of aromatic nitrogens is 3. The Kier molecular flexibility index (Phi) is 9.00. The number of halogens is 2. The topological polar surface area (TPSA) is 97.3 Å². The summed E-state index contributed by atoms with van der Waals surface area (Å²) < 4.78 is 59.1. The fourth-order valence-electron chi connectivity index (χ4n) is 4.88. The van der Waals surface area contributed by atoms with Gasteiger partial charge in [-0.25, -0.2) is 27.2 Å². The number of likely N-dealkylation sites (N-methyl/N-ethyl adjacent to an activating group) is 1. The Hall–Kier alpha value is -2.92. The first-order valence-electron chi connectivity index (χ1n) is 13.3. The summed E-state index contributed by atoms with van der Waals surface area (Å²) in [5.74, 6) is 1.19. The number of hydrogen-bond donors (Lipinski definition) is 1. The van der Waals surface area contributed by atoms with Crippen LogP contribution in [0.15, 0.2) is 24.3 Å². The van der Waals surface area contributed by atoms with Gasteiger partial charge in [0.25, 0.3) is 0 Å². The zero-order valence-corrected chi connectivity index (χ0v) is 24.0. The van der Waals surface area contributed by atoms with E-state index in [2.05, 4.69) is 15.3 Å². The smallest absolute Gasteiger partial charge is 0.218 e. The number of fused-ring (bicyclic) bond motifs is 1. The third-order valence-electron chi connectivity index (χ3n) is 6.99. The molecule has 2 atom stereocenters. The van der Waals surface area contributed by atoms with Crippen LogP contribution in [0.25, 0.3) is 11.0 Å². The standard InChI is InChI=1S/C28H37F2N5O3S/c1-17(29)15-21-7-6-8-22(25(21)30)18(2)31-26-24-16-23(20-9-13-39(36,37)14-10-20)28(38-12-11-35(4)5)34-27(24)33-19(3)32-26/h6-8,16-18,20H,9-15H2,1-5H3,(H,31,32,33,34)/t17?,18-/m1/s1. The number of rotatable bonds is 10. The van der Waals surface area contributed by atoms with E-state index in [9.17, 15) is 12.8 Å². The number of hydrogen-bond acceptors (Lipinski definition) is 8. The van der Waals surface area contributed by atoms with Crippen LogP contribution in [0.2, 0.25) is 0 Å². The Morgan fingerprint density at radius 3 is 2.54 bits per heavy atom. The maximum atomic E-state index is 15.3. The van der Waals surface area contributed by atoms with Gasteiger partial charge in [-0.3, -0.25) is 0 Å². The average Bonchev–Trinajstić information content (AvgIpc) is 2.84. The van der Waals surface area contributed by atoms with Crippen molar-refractivity contribution in [1.82, 2.24) is 19.9 Å². The van der Waals surface area contributed by atoms with E-state index in [1.54, 1.807) is 25.1 Å². The van der Waals surface area contributed by atoms with Crippen LogP contribution in [0, 0.1) is 12.7 Å². The number of ether oxygens (including phenoxy) is 1. The number of aryl methyl sites for hydroxylation is 1. The molecule has 3 heterocycles. The zero-order chi connectivity index (χ0) is 28.3. The molecule has 0 aliphatic carbocycles. The molecular formula is C28H37F2N5O3S. The number of sulfone groups is 1. The highest BCUT2D eigenvalue weighted by Crippen LogP contribution is 2.37. The highest BCUT2D eigenvalue weighted by molar-refractivity contribution is 7.91. The van der Waals surface area contributed by atoms with Crippen molar-refractivity contribution in [3.8, 4) is 5.88 Å². The molecule has 0 saturated carbocycles. The lowest BCUT2D eigenvalue weighted by molar-refractivity contribution is 0.251. The summed E-state index contributed by atoms with van der Waals surface area (Å²) in [4.78, 5) is 15.9. The van der Waals surface area contributed by atoms with Gasteiger partial charge >= 0.3 is 0 Å². The number of benzene rings is 1. The summed E-state index contributed by atoms with van der Waals surface area (Å²) in [5, 5.41) is 3.96. The Labute approximate surface area is 229 Å². The third-order valence-corrected chi connectivity index (χ3v) is 8.71. The third kappa shape index (κ3) is 7.19. The van der Waals surface area contributed by atoms with Gasteiger partial charge in [0.15, 0.2) is 5.65 Å². The van der Waals surface area contributed by atoms with Crippen molar-refractivity contribution < 1.29 is 21.9 Å². The van der Waals surface area contributed by atoms with E-state index in [0.717, 1.165) is 5.56 Å². The maximum absolute atomic E-state index is 15.3. The van der Waals surface area contributed by atoms with Crippen molar-refractivity contribution in [3.63, 3.8) is 0 Å². The predicted molar refractivity (Wildman–Crippen MR) is 149 cm³/mol. The van der Waals surface area contributed by atoms with Gasteiger partial charge in [0.05, 0.1) is 22.9 Å². The van der Waals surface area contributed by atoms with Crippen LogP contribution in [-0.4, -0.2) is 73.2 Å². The maximum Gasteiger partial charge on any atom is 0.218 e. The first-order chi connectivity index (χ1) is 18.4. The first kappa shape index (κ1) is 29.1. The summed E-state index contributed by atoms with van der Waals surface area (Å²) in [5.41, 5.74) is 2.00. The molecule has 39 heavy (non-hydrogen) atoms. The predicted octanol–water partition coefficient (Wildman–Crippen LogP) is 4.78. The molecule has 1 aliphatic rings. The van der Waals surface area contributed by atoms with Crippen LogP contribution >= 0.6 is 0 Å². The lowest BCUT2D eigenvalue weighted by Gasteiger charge is -2.25. The molecule has 0 bridgehead atoms. The fourth-order valence-corrected chi connectivity index (χ4v) is 6.38. The summed E-state index contributed by atoms with van der Waals surface area (Å²) in [6.07, 6.45) is -0.185. The zero-order valence-electron chi connectivity index (χ0n) is 23.2. The van der Waals surface area contributed by atoms with E-state index in [4.69, 9.17) is 9.72 Å². The minimum absolute atomic E-state index is 0.00290. The molecule has 1 unspecified atom stereocenters. The van der Waals surface area contributed by atoms with Crippen molar-refractivity contribution in [2.24, 2.45) is 0 Å². The van der Waals surface area contributed by atoms with E-state index < -0.39 is 27.9 Å². The number of nitrogens with zero attached hydrogens (tertiary/aromatic N) is 4. The molecule has 0 amide bonds. The molecule has 1 saturated heterocycles. The first-order valence-corrected chi connectivity index (χ1v) is 15.1. The highest BCUT2D eigenvalue weighted by Gasteiger charge is 2.29. The second-order valence-corrected chi connectivity index (χ2v) is 12.9. The van der Waals surface area contributed by atoms with Crippen molar-refractivity contribution in [2.45, 2.75) is 58.2 Å². The number of nitrogens with one attached hydrogen (secondary N) is 1. The summed E-state index contributed by atoms with van der Waals surface area (Å²) in [6.45, 7) is 6.10. The second-order valence-electron chi connectivity index (χ2n) is 10.6. The molecule has 0 radical (unpaired) electrons. The van der Waals surface area contributed by atoms with Crippen molar-refractivity contribution in [2.75, 3.05) is 44.1 Å². The molecule has 1 aromatic carbocycles. The van der Waals surface area contributed by atoms with Crippen LogP contribution in [0.3, 0.4) is 0 Å². The van der Waals surface area contributed by atoms with Crippen molar-refractivity contribution in [3.05, 3.63) is 52.6 Å². The van der Waals surface area contributed by atoms with Gasteiger partial charge in [0.2, 0.25) is 5.88 Å². The van der Waals surface area contributed by atoms with Crippen molar-refractivity contribution in [1.29, 1.82) is 0 Å². The van der Waals surface area contributed by atoms with E-state index in [-0.39, 0.29) is 23.8 Å². The number of anilines is 1.